The quantitative estimate of drug-likeness (QED) is 0.567. The number of hydrogen-bond donors (Lipinski definition) is 2. The van der Waals surface area contributed by atoms with Crippen molar-refractivity contribution < 1.29 is 9.13 Å². The zero-order valence-electron chi connectivity index (χ0n) is 14.5. The summed E-state index contributed by atoms with van der Waals surface area (Å²) in [5.41, 5.74) is 8.78. The second-order valence-electron chi connectivity index (χ2n) is 5.88. The minimum absolute atomic E-state index is 0.129. The van der Waals surface area contributed by atoms with Crippen LogP contribution in [0.4, 0.5) is 21.8 Å². The zero-order chi connectivity index (χ0) is 18.8. The zero-order valence-corrected chi connectivity index (χ0v) is 14.5. The Labute approximate surface area is 154 Å². The Morgan fingerprint density at radius 2 is 1.89 bits per heavy atom. The number of anilines is 3. The number of aromatic nitrogens is 3. The smallest absolute Gasteiger partial charge is 0.221 e. The van der Waals surface area contributed by atoms with Crippen LogP contribution in [-0.4, -0.2) is 22.1 Å². The highest BCUT2D eigenvalue weighted by atomic mass is 19.1. The van der Waals surface area contributed by atoms with Gasteiger partial charge >= 0.3 is 0 Å². The van der Waals surface area contributed by atoms with Gasteiger partial charge in [0, 0.05) is 17.1 Å². The van der Waals surface area contributed by atoms with Crippen LogP contribution in [0.2, 0.25) is 0 Å². The van der Waals surface area contributed by atoms with Gasteiger partial charge in [-0.1, -0.05) is 24.3 Å². The van der Waals surface area contributed by atoms with Gasteiger partial charge in [-0.3, -0.25) is 4.98 Å². The second-order valence-corrected chi connectivity index (χ2v) is 5.88. The number of halogens is 1. The van der Waals surface area contributed by atoms with E-state index in [-0.39, 0.29) is 11.7 Å². The van der Waals surface area contributed by atoms with Crippen molar-refractivity contribution in [3.05, 3.63) is 66.7 Å². The highest BCUT2D eigenvalue weighted by Crippen LogP contribution is 2.32. The number of hydrogen-bond acceptors (Lipinski definition) is 6. The lowest BCUT2D eigenvalue weighted by atomic mass is 10.1. The molecule has 0 amide bonds. The Morgan fingerprint density at radius 3 is 2.74 bits per heavy atom. The molecule has 27 heavy (non-hydrogen) atoms. The number of nitrogens with zero attached hydrogens (tertiary/aromatic N) is 3. The summed E-state index contributed by atoms with van der Waals surface area (Å²) < 4.78 is 18.8. The van der Waals surface area contributed by atoms with Crippen molar-refractivity contribution in [3.63, 3.8) is 0 Å². The predicted molar refractivity (Wildman–Crippen MR) is 103 cm³/mol. The number of fused-ring (bicyclic) bond motifs is 1. The number of nitrogen functional groups attached to an aromatic ring is 1. The lowest BCUT2D eigenvalue weighted by Gasteiger charge is -2.13. The molecule has 0 aliphatic heterocycles. The molecule has 3 N–H and O–H groups in total. The van der Waals surface area contributed by atoms with E-state index >= 15 is 0 Å². The summed E-state index contributed by atoms with van der Waals surface area (Å²) in [6.45, 7) is 0. The Balaban J connectivity index is 1.77. The Kier molecular flexibility index (Phi) is 4.25. The number of rotatable bonds is 4. The fraction of sp³-hybridized carbons (Fsp3) is 0.0500. The third kappa shape index (κ3) is 3.35. The molecule has 4 rings (SSSR count). The molecule has 2 aromatic carbocycles. The molecule has 0 fully saturated rings. The first kappa shape index (κ1) is 16.7. The molecule has 0 atom stereocenters. The third-order valence-corrected chi connectivity index (χ3v) is 4.12. The molecular formula is C20H16FN5O. The average molecular weight is 361 g/mol. The van der Waals surface area contributed by atoms with Crippen LogP contribution >= 0.6 is 0 Å². The Morgan fingerprint density at radius 1 is 1.04 bits per heavy atom. The maximum absolute atomic E-state index is 13.7. The topological polar surface area (TPSA) is 86.0 Å². The van der Waals surface area contributed by atoms with E-state index in [1.165, 1.54) is 13.2 Å². The molecule has 0 aliphatic rings. The monoisotopic (exact) mass is 361 g/mol. The van der Waals surface area contributed by atoms with Gasteiger partial charge in [0.15, 0.2) is 11.6 Å². The van der Waals surface area contributed by atoms with Crippen molar-refractivity contribution in [2.45, 2.75) is 0 Å². The first-order valence-corrected chi connectivity index (χ1v) is 8.22. The molecule has 0 bridgehead atoms. The summed E-state index contributed by atoms with van der Waals surface area (Å²) in [5.74, 6) is 0.325. The van der Waals surface area contributed by atoms with E-state index in [0.717, 1.165) is 16.6 Å². The van der Waals surface area contributed by atoms with E-state index in [0.29, 0.717) is 16.9 Å². The number of benzene rings is 2. The highest BCUT2D eigenvalue weighted by molar-refractivity contribution is 5.84. The van der Waals surface area contributed by atoms with Crippen LogP contribution < -0.4 is 15.8 Å². The van der Waals surface area contributed by atoms with Crippen LogP contribution in [0, 0.1) is 5.82 Å². The van der Waals surface area contributed by atoms with Crippen LogP contribution in [0.5, 0.6) is 5.75 Å². The fourth-order valence-electron chi connectivity index (χ4n) is 2.81. The Hall–Kier alpha value is -3.74. The summed E-state index contributed by atoms with van der Waals surface area (Å²) in [6.07, 6.45) is 3.31. The predicted octanol–water partition coefficient (Wildman–Crippen LogP) is 4.17. The standard InChI is InChI=1S/C20H16FN5O/c1-27-18-9-12(6-7-16(18)21)15-11-24-20(22)26-19(15)25-14-8-13-4-2-3-5-17(13)23-10-14/h2-11H,1H3,(H3,22,24,25,26). The number of pyridine rings is 1. The lowest BCUT2D eigenvalue weighted by molar-refractivity contribution is 0.387. The van der Waals surface area contributed by atoms with Crippen LogP contribution in [0.3, 0.4) is 0 Å². The van der Waals surface area contributed by atoms with Gasteiger partial charge in [0.05, 0.1) is 24.5 Å². The van der Waals surface area contributed by atoms with Crippen LogP contribution in [-0.2, 0) is 0 Å². The first-order chi connectivity index (χ1) is 13.1. The molecule has 7 heteroatoms. The number of para-hydroxylation sites is 1. The molecule has 2 aromatic heterocycles. The van der Waals surface area contributed by atoms with Gasteiger partial charge < -0.3 is 15.8 Å². The average Bonchev–Trinajstić information content (AvgIpc) is 2.69. The fourth-order valence-corrected chi connectivity index (χ4v) is 2.81. The van der Waals surface area contributed by atoms with Gasteiger partial charge in [-0.15, -0.1) is 0 Å². The Bertz CT molecular complexity index is 1130. The van der Waals surface area contributed by atoms with Gasteiger partial charge in [0.2, 0.25) is 5.95 Å². The van der Waals surface area contributed by atoms with E-state index in [1.807, 2.05) is 30.3 Å². The molecule has 134 valence electrons. The number of nitrogens with two attached hydrogens (primary N) is 1. The van der Waals surface area contributed by atoms with Gasteiger partial charge in [0.25, 0.3) is 0 Å². The first-order valence-electron chi connectivity index (χ1n) is 8.22. The molecule has 0 saturated carbocycles. The molecular weight excluding hydrogens is 345 g/mol. The van der Waals surface area contributed by atoms with E-state index in [1.54, 1.807) is 24.5 Å². The maximum atomic E-state index is 13.7. The van der Waals surface area contributed by atoms with Crippen molar-refractivity contribution in [1.29, 1.82) is 0 Å². The van der Waals surface area contributed by atoms with Gasteiger partial charge in [-0.05, 0) is 29.8 Å². The van der Waals surface area contributed by atoms with Crippen molar-refractivity contribution >= 4 is 28.4 Å². The molecule has 4 aromatic rings. The van der Waals surface area contributed by atoms with Crippen molar-refractivity contribution in [3.8, 4) is 16.9 Å². The minimum Gasteiger partial charge on any atom is -0.494 e. The van der Waals surface area contributed by atoms with Crippen molar-refractivity contribution in [2.24, 2.45) is 0 Å². The SMILES string of the molecule is COc1cc(-c2cnc(N)nc2Nc2cnc3ccccc3c2)ccc1F. The number of nitrogens with one attached hydrogen (secondary N) is 1. The molecule has 0 radical (unpaired) electrons. The van der Waals surface area contributed by atoms with E-state index in [9.17, 15) is 4.39 Å². The third-order valence-electron chi connectivity index (χ3n) is 4.12. The van der Waals surface area contributed by atoms with Crippen molar-refractivity contribution in [2.75, 3.05) is 18.2 Å². The summed E-state index contributed by atoms with van der Waals surface area (Å²) in [4.78, 5) is 12.8. The van der Waals surface area contributed by atoms with Gasteiger partial charge in [-0.25, -0.2) is 9.37 Å². The van der Waals surface area contributed by atoms with E-state index in [2.05, 4.69) is 20.3 Å². The van der Waals surface area contributed by atoms with Gasteiger partial charge in [0.1, 0.15) is 5.82 Å². The largest absolute Gasteiger partial charge is 0.494 e. The minimum atomic E-state index is -0.439. The normalized spacial score (nSPS) is 10.7. The van der Waals surface area contributed by atoms with E-state index in [4.69, 9.17) is 10.5 Å². The van der Waals surface area contributed by atoms with E-state index < -0.39 is 5.82 Å². The summed E-state index contributed by atoms with van der Waals surface area (Å²) in [7, 11) is 1.42. The number of ether oxygens (including phenoxy) is 1. The molecule has 0 aliphatic carbocycles. The molecule has 6 nitrogen and oxygen atoms in total. The maximum Gasteiger partial charge on any atom is 0.221 e. The highest BCUT2D eigenvalue weighted by Gasteiger charge is 2.12. The lowest BCUT2D eigenvalue weighted by Crippen LogP contribution is -2.02. The summed E-state index contributed by atoms with van der Waals surface area (Å²) in [6, 6.07) is 14.3. The summed E-state index contributed by atoms with van der Waals surface area (Å²) in [5, 5.41) is 4.22. The van der Waals surface area contributed by atoms with Gasteiger partial charge in [-0.2, -0.15) is 4.98 Å². The second kappa shape index (κ2) is 6.87. The van der Waals surface area contributed by atoms with Crippen LogP contribution in [0.15, 0.2) is 60.9 Å². The summed E-state index contributed by atoms with van der Waals surface area (Å²) >= 11 is 0. The van der Waals surface area contributed by atoms with Crippen LogP contribution in [0.1, 0.15) is 0 Å². The van der Waals surface area contributed by atoms with Crippen LogP contribution in [0.25, 0.3) is 22.0 Å². The molecule has 0 spiro atoms. The molecule has 0 saturated heterocycles. The number of methoxy groups -OCH3 is 1. The molecule has 2 heterocycles. The molecule has 0 unspecified atom stereocenters. The van der Waals surface area contributed by atoms with Crippen molar-refractivity contribution in [1.82, 2.24) is 15.0 Å².